The smallest absolute Gasteiger partial charge is 0.407 e. The van der Waals surface area contributed by atoms with E-state index in [0.717, 1.165) is 24.0 Å². The lowest BCUT2D eigenvalue weighted by atomic mass is 9.84. The van der Waals surface area contributed by atoms with Gasteiger partial charge in [0.2, 0.25) is 5.91 Å². The molecule has 1 unspecified atom stereocenters. The van der Waals surface area contributed by atoms with Crippen molar-refractivity contribution in [2.75, 3.05) is 13.2 Å². The molecule has 0 radical (unpaired) electrons. The van der Waals surface area contributed by atoms with Crippen molar-refractivity contribution in [2.45, 2.75) is 51.0 Å². The molecule has 7 nitrogen and oxygen atoms in total. The Hall–Kier alpha value is -3.35. The summed E-state index contributed by atoms with van der Waals surface area (Å²) in [5.74, 6) is -1.53. The number of aliphatic carboxylic acids is 1. The molecule has 3 N–H and O–H groups in total. The van der Waals surface area contributed by atoms with E-state index in [0.29, 0.717) is 19.4 Å². The first-order chi connectivity index (χ1) is 16.4. The number of rotatable bonds is 8. The second kappa shape index (κ2) is 10.7. The van der Waals surface area contributed by atoms with Crippen LogP contribution in [0, 0.1) is 11.8 Å². The quantitative estimate of drug-likeness (QED) is 0.540. The summed E-state index contributed by atoms with van der Waals surface area (Å²) < 4.78 is 5.67. The SMILES string of the molecule is CC(CNC(=O)[C@@H]1CCCC[C@@H]1NC(=O)OCC1c2ccccc2-c2ccccc21)CC(=O)O. The molecule has 2 amide bonds. The molecule has 0 saturated heterocycles. The van der Waals surface area contributed by atoms with E-state index in [9.17, 15) is 14.4 Å². The van der Waals surface area contributed by atoms with Crippen LogP contribution < -0.4 is 10.6 Å². The normalized spacial score (nSPS) is 20.0. The molecule has 3 atom stereocenters. The van der Waals surface area contributed by atoms with E-state index in [1.165, 1.54) is 11.1 Å². The summed E-state index contributed by atoms with van der Waals surface area (Å²) in [6.45, 7) is 2.33. The first kappa shape index (κ1) is 23.8. The Bertz CT molecular complexity index is 1010. The number of carboxylic acid groups (broad SMARTS) is 1. The lowest BCUT2D eigenvalue weighted by Crippen LogP contribution is -2.49. The van der Waals surface area contributed by atoms with Gasteiger partial charge in [-0.25, -0.2) is 4.79 Å². The Morgan fingerprint density at radius 2 is 1.62 bits per heavy atom. The molecule has 0 aliphatic heterocycles. The molecule has 34 heavy (non-hydrogen) atoms. The van der Waals surface area contributed by atoms with Crippen LogP contribution in [0.3, 0.4) is 0 Å². The van der Waals surface area contributed by atoms with Gasteiger partial charge < -0.3 is 20.5 Å². The fraction of sp³-hybridized carbons (Fsp3) is 0.444. The molecular weight excluding hydrogens is 432 g/mol. The molecule has 2 aromatic carbocycles. The minimum absolute atomic E-state index is 0.00632. The number of hydrogen-bond acceptors (Lipinski definition) is 4. The summed E-state index contributed by atoms with van der Waals surface area (Å²) in [7, 11) is 0. The lowest BCUT2D eigenvalue weighted by molar-refractivity contribution is -0.138. The summed E-state index contributed by atoms with van der Waals surface area (Å²) in [4.78, 5) is 36.3. The van der Waals surface area contributed by atoms with Crippen molar-refractivity contribution < 1.29 is 24.2 Å². The van der Waals surface area contributed by atoms with Crippen molar-refractivity contribution in [1.29, 1.82) is 0 Å². The van der Waals surface area contributed by atoms with Gasteiger partial charge in [-0.15, -0.1) is 0 Å². The van der Waals surface area contributed by atoms with Crippen LogP contribution in [-0.4, -0.2) is 42.3 Å². The molecule has 0 heterocycles. The van der Waals surface area contributed by atoms with Crippen molar-refractivity contribution in [1.82, 2.24) is 10.6 Å². The molecule has 2 aromatic rings. The van der Waals surface area contributed by atoms with Crippen molar-refractivity contribution in [3.05, 3.63) is 59.7 Å². The van der Waals surface area contributed by atoms with Crippen LogP contribution in [0.25, 0.3) is 11.1 Å². The fourth-order valence-electron chi connectivity index (χ4n) is 5.19. The summed E-state index contributed by atoms with van der Waals surface area (Å²) in [5, 5.41) is 14.7. The van der Waals surface area contributed by atoms with Crippen molar-refractivity contribution >= 4 is 18.0 Å². The van der Waals surface area contributed by atoms with Gasteiger partial charge in [-0.3, -0.25) is 9.59 Å². The predicted molar refractivity (Wildman–Crippen MR) is 128 cm³/mol. The number of alkyl carbamates (subject to hydrolysis) is 1. The van der Waals surface area contributed by atoms with Crippen LogP contribution in [0.15, 0.2) is 48.5 Å². The summed E-state index contributed by atoms with van der Waals surface area (Å²) >= 11 is 0. The minimum atomic E-state index is -0.880. The van der Waals surface area contributed by atoms with Gasteiger partial charge in [-0.2, -0.15) is 0 Å². The van der Waals surface area contributed by atoms with E-state index in [2.05, 4.69) is 34.9 Å². The second-order valence-corrected chi connectivity index (χ2v) is 9.42. The zero-order chi connectivity index (χ0) is 24.1. The van der Waals surface area contributed by atoms with Crippen LogP contribution >= 0.6 is 0 Å². The van der Waals surface area contributed by atoms with Gasteiger partial charge in [0.1, 0.15) is 6.61 Å². The highest BCUT2D eigenvalue weighted by Crippen LogP contribution is 2.44. The van der Waals surface area contributed by atoms with Gasteiger partial charge in [0.05, 0.1) is 5.92 Å². The van der Waals surface area contributed by atoms with Gasteiger partial charge in [0.25, 0.3) is 0 Å². The molecule has 0 bridgehead atoms. The van der Waals surface area contributed by atoms with Crippen molar-refractivity contribution in [3.63, 3.8) is 0 Å². The van der Waals surface area contributed by atoms with Gasteiger partial charge in [0, 0.05) is 24.9 Å². The first-order valence-electron chi connectivity index (χ1n) is 12.0. The topological polar surface area (TPSA) is 105 Å². The maximum Gasteiger partial charge on any atom is 0.407 e. The Morgan fingerprint density at radius 1 is 1.00 bits per heavy atom. The molecule has 2 aliphatic rings. The number of ether oxygens (including phenoxy) is 1. The highest BCUT2D eigenvalue weighted by atomic mass is 16.5. The van der Waals surface area contributed by atoms with Gasteiger partial charge in [0.15, 0.2) is 0 Å². The number of hydrogen-bond donors (Lipinski definition) is 3. The Balaban J connectivity index is 1.34. The number of carboxylic acids is 1. The minimum Gasteiger partial charge on any atom is -0.481 e. The lowest BCUT2D eigenvalue weighted by Gasteiger charge is -2.31. The molecule has 0 spiro atoms. The first-order valence-corrected chi connectivity index (χ1v) is 12.0. The number of benzene rings is 2. The predicted octanol–water partition coefficient (Wildman–Crippen LogP) is 4.31. The van der Waals surface area contributed by atoms with Crippen molar-refractivity contribution in [2.24, 2.45) is 11.8 Å². The number of carbonyl (C=O) groups excluding carboxylic acids is 2. The van der Waals surface area contributed by atoms with E-state index in [1.807, 2.05) is 24.3 Å². The van der Waals surface area contributed by atoms with Crippen LogP contribution in [0.1, 0.15) is 56.1 Å². The second-order valence-electron chi connectivity index (χ2n) is 9.42. The van der Waals surface area contributed by atoms with Gasteiger partial charge >= 0.3 is 12.1 Å². The third-order valence-electron chi connectivity index (χ3n) is 6.90. The van der Waals surface area contributed by atoms with E-state index < -0.39 is 12.1 Å². The van der Waals surface area contributed by atoms with Crippen LogP contribution in [-0.2, 0) is 14.3 Å². The molecule has 4 rings (SSSR count). The Morgan fingerprint density at radius 3 is 2.26 bits per heavy atom. The number of nitrogens with one attached hydrogen (secondary N) is 2. The van der Waals surface area contributed by atoms with Crippen LogP contribution in [0.4, 0.5) is 4.79 Å². The largest absolute Gasteiger partial charge is 0.481 e. The maximum absolute atomic E-state index is 12.8. The number of amides is 2. The molecule has 0 aromatic heterocycles. The third kappa shape index (κ3) is 5.41. The van der Waals surface area contributed by atoms with E-state index in [1.54, 1.807) is 6.92 Å². The molecule has 1 fully saturated rings. The van der Waals surface area contributed by atoms with Crippen LogP contribution in [0.5, 0.6) is 0 Å². The Labute approximate surface area is 199 Å². The van der Waals surface area contributed by atoms with Gasteiger partial charge in [-0.1, -0.05) is 68.3 Å². The van der Waals surface area contributed by atoms with E-state index in [4.69, 9.17) is 9.84 Å². The third-order valence-corrected chi connectivity index (χ3v) is 6.90. The fourth-order valence-corrected chi connectivity index (χ4v) is 5.19. The monoisotopic (exact) mass is 464 g/mol. The molecule has 2 aliphatic carbocycles. The highest BCUT2D eigenvalue weighted by Gasteiger charge is 2.33. The van der Waals surface area contributed by atoms with Gasteiger partial charge in [-0.05, 0) is 41.0 Å². The average molecular weight is 465 g/mol. The van der Waals surface area contributed by atoms with E-state index >= 15 is 0 Å². The number of fused-ring (bicyclic) bond motifs is 3. The van der Waals surface area contributed by atoms with E-state index in [-0.39, 0.29) is 42.7 Å². The standard InChI is InChI=1S/C27H32N2O5/c1-17(14-25(30)31)15-28-26(32)22-12-6-7-13-24(22)29-27(33)34-16-23-20-10-4-2-8-18(20)19-9-3-5-11-21(19)23/h2-5,8-11,17,22-24H,6-7,12-16H2,1H3,(H,28,32)(H,29,33)(H,30,31)/t17?,22-,24+/m1/s1. The highest BCUT2D eigenvalue weighted by molar-refractivity contribution is 5.81. The Kier molecular flexibility index (Phi) is 7.50. The molecule has 7 heteroatoms. The average Bonchev–Trinajstić information content (AvgIpc) is 3.15. The zero-order valence-corrected chi connectivity index (χ0v) is 19.5. The maximum atomic E-state index is 12.8. The summed E-state index contributed by atoms with van der Waals surface area (Å²) in [6.07, 6.45) is 2.76. The number of carbonyl (C=O) groups is 3. The summed E-state index contributed by atoms with van der Waals surface area (Å²) in [5.41, 5.74) is 4.66. The summed E-state index contributed by atoms with van der Waals surface area (Å²) in [6, 6.07) is 16.1. The van der Waals surface area contributed by atoms with Crippen LogP contribution in [0.2, 0.25) is 0 Å². The molecule has 180 valence electrons. The van der Waals surface area contributed by atoms with Crippen molar-refractivity contribution in [3.8, 4) is 11.1 Å². The zero-order valence-electron chi connectivity index (χ0n) is 19.5. The molecule has 1 saturated carbocycles. The molecular formula is C27H32N2O5.